The average molecular weight is 295 g/mol. The fourth-order valence-corrected chi connectivity index (χ4v) is 2.46. The van der Waals surface area contributed by atoms with Gasteiger partial charge >= 0.3 is 0 Å². The van der Waals surface area contributed by atoms with Crippen LogP contribution in [0.25, 0.3) is 11.1 Å². The molecule has 3 aromatic carbocycles. The molecule has 2 heteroatoms. The van der Waals surface area contributed by atoms with Crippen LogP contribution in [0.4, 0.5) is 0 Å². The van der Waals surface area contributed by atoms with Crippen molar-refractivity contribution < 1.29 is 4.74 Å². The Morgan fingerprint density at radius 2 is 1.38 bits per heavy atom. The van der Waals surface area contributed by atoms with Crippen LogP contribution in [0.2, 0.25) is 5.02 Å². The molecule has 0 aliphatic heterocycles. The van der Waals surface area contributed by atoms with Crippen molar-refractivity contribution in [3.8, 4) is 16.9 Å². The molecule has 0 N–H and O–H groups in total. The van der Waals surface area contributed by atoms with Crippen LogP contribution in [0, 0.1) is 0 Å². The lowest BCUT2D eigenvalue weighted by Gasteiger charge is -2.13. The van der Waals surface area contributed by atoms with Gasteiger partial charge in [-0.3, -0.25) is 0 Å². The van der Waals surface area contributed by atoms with E-state index in [-0.39, 0.29) is 0 Å². The molecule has 0 aliphatic carbocycles. The quantitative estimate of drug-likeness (QED) is 0.610. The SMILES string of the molecule is Clc1cccc(-c2ccccc2)c1OCc1ccccc1. The normalized spacial score (nSPS) is 10.3. The van der Waals surface area contributed by atoms with Gasteiger partial charge < -0.3 is 4.74 Å². The lowest BCUT2D eigenvalue weighted by atomic mass is 10.0. The van der Waals surface area contributed by atoms with E-state index in [1.165, 1.54) is 0 Å². The molecule has 0 spiro atoms. The van der Waals surface area contributed by atoms with E-state index >= 15 is 0 Å². The van der Waals surface area contributed by atoms with Gasteiger partial charge in [0.25, 0.3) is 0 Å². The van der Waals surface area contributed by atoms with Crippen molar-refractivity contribution in [2.45, 2.75) is 6.61 Å². The fourth-order valence-electron chi connectivity index (χ4n) is 2.23. The third kappa shape index (κ3) is 3.26. The summed E-state index contributed by atoms with van der Waals surface area (Å²) in [5.74, 6) is 0.731. The number of ether oxygens (including phenoxy) is 1. The molecule has 0 aliphatic rings. The van der Waals surface area contributed by atoms with Crippen molar-refractivity contribution in [3.63, 3.8) is 0 Å². The van der Waals surface area contributed by atoms with E-state index in [0.29, 0.717) is 11.6 Å². The van der Waals surface area contributed by atoms with Crippen molar-refractivity contribution in [3.05, 3.63) is 89.4 Å². The number of hydrogen-bond donors (Lipinski definition) is 0. The Bertz CT molecular complexity index is 708. The van der Waals surface area contributed by atoms with E-state index < -0.39 is 0 Å². The molecule has 0 atom stereocenters. The van der Waals surface area contributed by atoms with Crippen LogP contribution in [0.1, 0.15) is 5.56 Å². The average Bonchev–Trinajstić information content (AvgIpc) is 2.55. The van der Waals surface area contributed by atoms with Crippen LogP contribution >= 0.6 is 11.6 Å². The molecule has 3 aromatic rings. The van der Waals surface area contributed by atoms with Crippen molar-refractivity contribution >= 4 is 11.6 Å². The van der Waals surface area contributed by atoms with Crippen molar-refractivity contribution in [2.75, 3.05) is 0 Å². The van der Waals surface area contributed by atoms with Gasteiger partial charge in [-0.25, -0.2) is 0 Å². The lowest BCUT2D eigenvalue weighted by molar-refractivity contribution is 0.308. The summed E-state index contributed by atoms with van der Waals surface area (Å²) in [5.41, 5.74) is 3.23. The largest absolute Gasteiger partial charge is 0.487 e. The zero-order chi connectivity index (χ0) is 14.5. The Hall–Kier alpha value is -2.25. The summed E-state index contributed by atoms with van der Waals surface area (Å²) in [6, 6.07) is 26.0. The van der Waals surface area contributed by atoms with Crippen molar-refractivity contribution in [2.24, 2.45) is 0 Å². The van der Waals surface area contributed by atoms with E-state index in [2.05, 4.69) is 12.1 Å². The summed E-state index contributed by atoms with van der Waals surface area (Å²) in [6.45, 7) is 0.504. The van der Waals surface area contributed by atoms with Gasteiger partial charge in [0.15, 0.2) is 0 Å². The Labute approximate surface area is 129 Å². The Balaban J connectivity index is 1.91. The summed E-state index contributed by atoms with van der Waals surface area (Å²) < 4.78 is 5.98. The molecule has 0 bridgehead atoms. The van der Waals surface area contributed by atoms with Crippen molar-refractivity contribution in [1.82, 2.24) is 0 Å². The number of rotatable bonds is 4. The zero-order valence-electron chi connectivity index (χ0n) is 11.5. The summed E-state index contributed by atoms with van der Waals surface area (Å²) in [7, 11) is 0. The number of benzene rings is 3. The highest BCUT2D eigenvalue weighted by molar-refractivity contribution is 6.32. The standard InChI is InChI=1S/C19H15ClO/c20-18-13-7-12-17(16-10-5-2-6-11-16)19(18)21-14-15-8-3-1-4-9-15/h1-13H,14H2. The topological polar surface area (TPSA) is 9.23 Å². The first kappa shape index (κ1) is 13.7. The fraction of sp³-hybridized carbons (Fsp3) is 0.0526. The monoisotopic (exact) mass is 294 g/mol. The third-order valence-corrected chi connectivity index (χ3v) is 3.58. The zero-order valence-corrected chi connectivity index (χ0v) is 12.3. The van der Waals surface area contributed by atoms with E-state index in [0.717, 1.165) is 22.4 Å². The summed E-state index contributed by atoms with van der Waals surface area (Å²) in [4.78, 5) is 0. The summed E-state index contributed by atoms with van der Waals surface area (Å²) >= 11 is 6.32. The second-order valence-electron chi connectivity index (χ2n) is 4.76. The molecular formula is C19H15ClO. The van der Waals surface area contributed by atoms with Crippen LogP contribution < -0.4 is 4.74 Å². The number of hydrogen-bond acceptors (Lipinski definition) is 1. The highest BCUT2D eigenvalue weighted by Gasteiger charge is 2.10. The highest BCUT2D eigenvalue weighted by atomic mass is 35.5. The lowest BCUT2D eigenvalue weighted by Crippen LogP contribution is -1.97. The minimum atomic E-state index is 0.504. The van der Waals surface area contributed by atoms with E-state index in [1.807, 2.05) is 66.7 Å². The summed E-state index contributed by atoms with van der Waals surface area (Å²) in [5, 5.41) is 0.632. The molecule has 0 amide bonds. The maximum Gasteiger partial charge on any atom is 0.146 e. The van der Waals surface area contributed by atoms with Crippen LogP contribution in [0.3, 0.4) is 0 Å². The first-order chi connectivity index (χ1) is 10.3. The molecule has 0 heterocycles. The molecule has 104 valence electrons. The van der Waals surface area contributed by atoms with Gasteiger partial charge in [0.2, 0.25) is 0 Å². The van der Waals surface area contributed by atoms with Crippen molar-refractivity contribution in [1.29, 1.82) is 0 Å². The Kier molecular flexibility index (Phi) is 4.23. The number of halogens is 1. The number of para-hydroxylation sites is 1. The van der Waals surface area contributed by atoms with Gasteiger partial charge in [0.05, 0.1) is 5.02 Å². The maximum absolute atomic E-state index is 6.32. The molecule has 0 saturated heterocycles. The van der Waals surface area contributed by atoms with Crippen LogP contribution in [0.15, 0.2) is 78.9 Å². The molecule has 1 nitrogen and oxygen atoms in total. The molecule has 0 unspecified atom stereocenters. The van der Waals surface area contributed by atoms with Gasteiger partial charge in [-0.15, -0.1) is 0 Å². The minimum Gasteiger partial charge on any atom is -0.487 e. The third-order valence-electron chi connectivity index (χ3n) is 3.28. The molecule has 0 radical (unpaired) electrons. The molecule has 21 heavy (non-hydrogen) atoms. The first-order valence-corrected chi connectivity index (χ1v) is 7.23. The minimum absolute atomic E-state index is 0.504. The van der Waals surface area contributed by atoms with E-state index in [1.54, 1.807) is 0 Å². The van der Waals surface area contributed by atoms with Crippen LogP contribution in [0.5, 0.6) is 5.75 Å². The maximum atomic E-state index is 6.32. The second kappa shape index (κ2) is 6.47. The molecule has 3 rings (SSSR count). The Morgan fingerprint density at radius 1 is 0.714 bits per heavy atom. The second-order valence-corrected chi connectivity index (χ2v) is 5.16. The van der Waals surface area contributed by atoms with Gasteiger partial charge in [-0.05, 0) is 17.2 Å². The van der Waals surface area contributed by atoms with Gasteiger partial charge in [0, 0.05) is 5.56 Å². The molecule has 0 aromatic heterocycles. The Morgan fingerprint density at radius 3 is 2.10 bits per heavy atom. The van der Waals surface area contributed by atoms with Gasteiger partial charge in [-0.2, -0.15) is 0 Å². The molecular weight excluding hydrogens is 280 g/mol. The van der Waals surface area contributed by atoms with E-state index in [4.69, 9.17) is 16.3 Å². The molecule has 0 fully saturated rings. The predicted octanol–water partition coefficient (Wildman–Crippen LogP) is 5.59. The van der Waals surface area contributed by atoms with Crippen LogP contribution in [-0.2, 0) is 6.61 Å². The van der Waals surface area contributed by atoms with Crippen LogP contribution in [-0.4, -0.2) is 0 Å². The van der Waals surface area contributed by atoms with Gasteiger partial charge in [0.1, 0.15) is 12.4 Å². The smallest absolute Gasteiger partial charge is 0.146 e. The summed E-state index contributed by atoms with van der Waals surface area (Å²) in [6.07, 6.45) is 0. The highest BCUT2D eigenvalue weighted by Crippen LogP contribution is 2.36. The van der Waals surface area contributed by atoms with Gasteiger partial charge in [-0.1, -0.05) is 84.4 Å². The predicted molar refractivity (Wildman–Crippen MR) is 87.7 cm³/mol. The van der Waals surface area contributed by atoms with E-state index in [9.17, 15) is 0 Å². The first-order valence-electron chi connectivity index (χ1n) is 6.85. The molecule has 0 saturated carbocycles.